The van der Waals surface area contributed by atoms with Gasteiger partial charge in [-0.25, -0.2) is 4.98 Å². The van der Waals surface area contributed by atoms with Crippen molar-refractivity contribution < 1.29 is 9.52 Å². The van der Waals surface area contributed by atoms with E-state index in [1.165, 1.54) is 6.42 Å². The molecular weight excluding hydrogens is 302 g/mol. The molecule has 5 nitrogen and oxygen atoms in total. The first kappa shape index (κ1) is 16.1. The molecule has 0 aliphatic heterocycles. The number of rotatable bonds is 2. The molecule has 0 unspecified atom stereocenters. The Morgan fingerprint density at radius 3 is 2.41 bits per heavy atom. The summed E-state index contributed by atoms with van der Waals surface area (Å²) in [6, 6.07) is 7.27. The zero-order valence-corrected chi connectivity index (χ0v) is 13.5. The summed E-state index contributed by atoms with van der Waals surface area (Å²) in [5, 5.41) is 10.5. The Kier molecular flexibility index (Phi) is 5.22. The Balaban J connectivity index is 0.000000545. The lowest BCUT2D eigenvalue weighted by Gasteiger charge is -1.96. The van der Waals surface area contributed by atoms with E-state index in [0.717, 1.165) is 11.4 Å². The number of halogens is 1. The number of aromatic hydroxyl groups is 1. The summed E-state index contributed by atoms with van der Waals surface area (Å²) >= 11 is 5.83. The van der Waals surface area contributed by atoms with Crippen molar-refractivity contribution in [2.45, 2.75) is 27.2 Å². The van der Waals surface area contributed by atoms with Crippen LogP contribution in [-0.4, -0.2) is 19.6 Å². The van der Waals surface area contributed by atoms with Crippen molar-refractivity contribution in [1.29, 1.82) is 0 Å². The normalized spacial score (nSPS) is 10.2. The van der Waals surface area contributed by atoms with Gasteiger partial charge in [0, 0.05) is 23.0 Å². The fourth-order valence-corrected chi connectivity index (χ4v) is 1.91. The van der Waals surface area contributed by atoms with Crippen molar-refractivity contribution in [3.8, 4) is 23.2 Å². The van der Waals surface area contributed by atoms with Crippen molar-refractivity contribution >= 4 is 11.6 Å². The predicted octanol–water partition coefficient (Wildman–Crippen LogP) is 4.61. The first-order chi connectivity index (χ1) is 10.6. The highest BCUT2D eigenvalue weighted by atomic mass is 35.5. The van der Waals surface area contributed by atoms with E-state index >= 15 is 0 Å². The Bertz CT molecular complexity index is 732. The van der Waals surface area contributed by atoms with Crippen LogP contribution in [0.15, 0.2) is 41.1 Å². The van der Waals surface area contributed by atoms with Crippen LogP contribution in [0.5, 0.6) is 5.95 Å². The highest BCUT2D eigenvalue weighted by molar-refractivity contribution is 6.30. The van der Waals surface area contributed by atoms with E-state index in [1.54, 1.807) is 41.2 Å². The van der Waals surface area contributed by atoms with E-state index in [2.05, 4.69) is 23.8 Å². The lowest BCUT2D eigenvalue weighted by Crippen LogP contribution is -1.95. The molecule has 0 atom stereocenters. The molecule has 0 amide bonds. The summed E-state index contributed by atoms with van der Waals surface area (Å²) in [5.41, 5.74) is 1.11. The minimum absolute atomic E-state index is 0.231. The van der Waals surface area contributed by atoms with Crippen LogP contribution in [0.4, 0.5) is 0 Å². The number of aromatic nitrogens is 3. The molecule has 0 saturated carbocycles. The molecule has 2 heterocycles. The summed E-state index contributed by atoms with van der Waals surface area (Å²) < 4.78 is 6.91. The molecule has 2 aromatic heterocycles. The Hall–Kier alpha value is -2.27. The third-order valence-corrected chi connectivity index (χ3v) is 3.00. The molecule has 1 N–H and O–H groups in total. The van der Waals surface area contributed by atoms with Gasteiger partial charge in [0.1, 0.15) is 5.82 Å². The second-order valence-electron chi connectivity index (χ2n) is 4.71. The number of oxazole rings is 1. The highest BCUT2D eigenvalue weighted by Gasteiger charge is 2.16. The zero-order chi connectivity index (χ0) is 16.1. The van der Waals surface area contributed by atoms with Crippen LogP contribution >= 0.6 is 11.6 Å². The van der Waals surface area contributed by atoms with Crippen LogP contribution in [0.3, 0.4) is 0 Å². The summed E-state index contributed by atoms with van der Waals surface area (Å²) in [6.07, 6.45) is 4.60. The van der Waals surface area contributed by atoms with Crippen LogP contribution in [0.25, 0.3) is 17.3 Å². The Labute approximate surface area is 134 Å². The fraction of sp³-hybridized carbons (Fsp3) is 0.250. The van der Waals surface area contributed by atoms with Gasteiger partial charge in [-0.1, -0.05) is 44.0 Å². The smallest absolute Gasteiger partial charge is 0.312 e. The number of benzene rings is 1. The van der Waals surface area contributed by atoms with Gasteiger partial charge in [-0.2, -0.15) is 4.98 Å². The number of nitrogens with zero attached hydrogens (tertiary/aromatic N) is 3. The maximum Gasteiger partial charge on any atom is 0.312 e. The summed E-state index contributed by atoms with van der Waals surface area (Å²) in [7, 11) is 0. The third-order valence-electron chi connectivity index (χ3n) is 2.75. The average Bonchev–Trinajstić information content (AvgIpc) is 3.07. The molecule has 116 valence electrons. The van der Waals surface area contributed by atoms with E-state index in [9.17, 15) is 5.11 Å². The molecule has 0 aliphatic rings. The molecule has 22 heavy (non-hydrogen) atoms. The van der Waals surface area contributed by atoms with Gasteiger partial charge in [0.05, 0.1) is 0 Å². The number of imidazole rings is 1. The lowest BCUT2D eigenvalue weighted by atomic mass is 10.2. The van der Waals surface area contributed by atoms with E-state index in [-0.39, 0.29) is 12.0 Å². The maximum absolute atomic E-state index is 9.85. The van der Waals surface area contributed by atoms with Crippen LogP contribution in [0.1, 0.15) is 26.1 Å². The average molecular weight is 320 g/mol. The van der Waals surface area contributed by atoms with E-state index in [0.29, 0.717) is 10.7 Å². The van der Waals surface area contributed by atoms with Gasteiger partial charge in [0.15, 0.2) is 5.69 Å². The Morgan fingerprint density at radius 2 is 1.86 bits per heavy atom. The lowest BCUT2D eigenvalue weighted by molar-refractivity contribution is 0.328. The molecule has 0 saturated heterocycles. The fourth-order valence-electron chi connectivity index (χ4n) is 1.78. The minimum Gasteiger partial charge on any atom is -0.479 e. The van der Waals surface area contributed by atoms with Gasteiger partial charge >= 0.3 is 12.0 Å². The van der Waals surface area contributed by atoms with Gasteiger partial charge in [0.2, 0.25) is 0 Å². The largest absolute Gasteiger partial charge is 0.479 e. The van der Waals surface area contributed by atoms with Crippen molar-refractivity contribution in [1.82, 2.24) is 14.5 Å². The SMILES string of the molecule is CCC.Cc1nccn1-c1nc(-c2ccc(Cl)cc2)c(O)o1. The summed E-state index contributed by atoms with van der Waals surface area (Å²) in [5.74, 6) is 0.495. The summed E-state index contributed by atoms with van der Waals surface area (Å²) in [4.78, 5) is 8.36. The third kappa shape index (κ3) is 3.49. The first-order valence-corrected chi connectivity index (χ1v) is 7.40. The number of hydrogen-bond acceptors (Lipinski definition) is 4. The predicted molar refractivity (Wildman–Crippen MR) is 86.4 cm³/mol. The second-order valence-corrected chi connectivity index (χ2v) is 5.15. The zero-order valence-electron chi connectivity index (χ0n) is 12.7. The van der Waals surface area contributed by atoms with Crippen LogP contribution in [-0.2, 0) is 0 Å². The molecule has 0 radical (unpaired) electrons. The number of aryl methyl sites for hydroxylation is 1. The monoisotopic (exact) mass is 319 g/mol. The van der Waals surface area contributed by atoms with Crippen molar-refractivity contribution in [3.05, 3.63) is 47.5 Å². The van der Waals surface area contributed by atoms with E-state index < -0.39 is 0 Å². The molecule has 0 aliphatic carbocycles. The molecular formula is C16H18ClN3O2. The second kappa shape index (κ2) is 7.13. The van der Waals surface area contributed by atoms with Crippen molar-refractivity contribution in [2.75, 3.05) is 0 Å². The summed E-state index contributed by atoms with van der Waals surface area (Å²) in [6.45, 7) is 6.07. The highest BCUT2D eigenvalue weighted by Crippen LogP contribution is 2.31. The molecule has 0 spiro atoms. The van der Waals surface area contributed by atoms with Gasteiger partial charge < -0.3 is 9.52 Å². The quantitative estimate of drug-likeness (QED) is 0.749. The standard InChI is InChI=1S/C13H10ClN3O2.C3H8/c1-8-15-6-7-17(8)13-16-11(12(18)19-13)9-2-4-10(14)5-3-9;1-3-2/h2-7,18H,1H3;3H2,1-2H3. The molecule has 0 bridgehead atoms. The van der Waals surface area contributed by atoms with E-state index in [4.69, 9.17) is 16.0 Å². The number of hydrogen-bond donors (Lipinski definition) is 1. The first-order valence-electron chi connectivity index (χ1n) is 7.02. The molecule has 0 fully saturated rings. The molecule has 3 rings (SSSR count). The van der Waals surface area contributed by atoms with Crippen molar-refractivity contribution in [3.63, 3.8) is 0 Å². The topological polar surface area (TPSA) is 64.1 Å². The van der Waals surface area contributed by atoms with Crippen LogP contribution in [0.2, 0.25) is 5.02 Å². The maximum atomic E-state index is 9.85. The van der Waals surface area contributed by atoms with E-state index in [1.807, 2.05) is 6.92 Å². The molecule has 3 aromatic rings. The van der Waals surface area contributed by atoms with Gasteiger partial charge in [-0.3, -0.25) is 4.57 Å². The Morgan fingerprint density at radius 1 is 1.23 bits per heavy atom. The minimum atomic E-state index is -0.231. The van der Waals surface area contributed by atoms with Gasteiger partial charge in [0.25, 0.3) is 0 Å². The molecule has 1 aromatic carbocycles. The van der Waals surface area contributed by atoms with Gasteiger partial charge in [-0.15, -0.1) is 0 Å². The molecule has 6 heteroatoms. The van der Waals surface area contributed by atoms with Crippen LogP contribution in [0, 0.1) is 6.92 Å². The van der Waals surface area contributed by atoms with Crippen molar-refractivity contribution in [2.24, 2.45) is 0 Å². The van der Waals surface area contributed by atoms with Crippen LogP contribution < -0.4 is 0 Å². The van der Waals surface area contributed by atoms with Gasteiger partial charge in [-0.05, 0) is 19.1 Å².